The van der Waals surface area contributed by atoms with Gasteiger partial charge in [0.05, 0.1) is 12.5 Å². The highest BCUT2D eigenvalue weighted by Gasteiger charge is 2.14. The molecule has 80 valence electrons. The SMILES string of the molecule is CC(C)OC(=O)CC(N)C(C)C.Cl. The van der Waals surface area contributed by atoms with Crippen molar-refractivity contribution in [3.8, 4) is 0 Å². The number of halogens is 1. The Balaban J connectivity index is 0. The summed E-state index contributed by atoms with van der Waals surface area (Å²) >= 11 is 0. The largest absolute Gasteiger partial charge is 0.463 e. The van der Waals surface area contributed by atoms with Crippen LogP contribution in [0.3, 0.4) is 0 Å². The van der Waals surface area contributed by atoms with E-state index in [9.17, 15) is 4.79 Å². The zero-order chi connectivity index (χ0) is 9.72. The van der Waals surface area contributed by atoms with Crippen LogP contribution in [0, 0.1) is 5.92 Å². The van der Waals surface area contributed by atoms with Crippen molar-refractivity contribution in [1.29, 1.82) is 0 Å². The number of hydrogen-bond acceptors (Lipinski definition) is 3. The highest BCUT2D eigenvalue weighted by molar-refractivity contribution is 5.85. The molecule has 3 nitrogen and oxygen atoms in total. The van der Waals surface area contributed by atoms with Gasteiger partial charge < -0.3 is 10.5 Å². The van der Waals surface area contributed by atoms with Crippen molar-refractivity contribution >= 4 is 18.4 Å². The predicted octanol–water partition coefficient (Wildman–Crippen LogP) is 1.73. The average Bonchev–Trinajstić information content (AvgIpc) is 1.84. The highest BCUT2D eigenvalue weighted by atomic mass is 35.5. The van der Waals surface area contributed by atoms with Crippen LogP contribution >= 0.6 is 12.4 Å². The van der Waals surface area contributed by atoms with Crippen LogP contribution in [-0.2, 0) is 9.53 Å². The quantitative estimate of drug-likeness (QED) is 0.718. The molecule has 0 aliphatic carbocycles. The molecule has 2 N–H and O–H groups in total. The molecule has 0 heterocycles. The van der Waals surface area contributed by atoms with Crippen molar-refractivity contribution in [3.63, 3.8) is 0 Å². The van der Waals surface area contributed by atoms with Gasteiger partial charge in [-0.2, -0.15) is 0 Å². The fourth-order valence-corrected chi connectivity index (χ4v) is 0.739. The molecule has 0 aromatic heterocycles. The van der Waals surface area contributed by atoms with Crippen molar-refractivity contribution < 1.29 is 9.53 Å². The topological polar surface area (TPSA) is 52.3 Å². The van der Waals surface area contributed by atoms with Crippen LogP contribution in [0.1, 0.15) is 34.1 Å². The van der Waals surface area contributed by atoms with Crippen molar-refractivity contribution in [3.05, 3.63) is 0 Å². The number of esters is 1. The van der Waals surface area contributed by atoms with E-state index < -0.39 is 0 Å². The Labute approximate surface area is 86.4 Å². The molecule has 0 aromatic rings. The third-order valence-electron chi connectivity index (χ3n) is 1.63. The van der Waals surface area contributed by atoms with Crippen LogP contribution in [0.5, 0.6) is 0 Å². The second kappa shape index (κ2) is 7.15. The Morgan fingerprint density at radius 2 is 1.77 bits per heavy atom. The molecule has 0 saturated heterocycles. The number of ether oxygens (including phenoxy) is 1. The first-order chi connectivity index (χ1) is 5.43. The van der Waals surface area contributed by atoms with E-state index in [2.05, 4.69) is 0 Å². The Morgan fingerprint density at radius 3 is 2.08 bits per heavy atom. The molecule has 0 rings (SSSR count). The molecule has 1 atom stereocenters. The van der Waals surface area contributed by atoms with Gasteiger partial charge in [-0.15, -0.1) is 12.4 Å². The van der Waals surface area contributed by atoms with E-state index in [0.29, 0.717) is 12.3 Å². The minimum Gasteiger partial charge on any atom is -0.463 e. The second-order valence-corrected chi connectivity index (χ2v) is 3.65. The van der Waals surface area contributed by atoms with Crippen LogP contribution in [-0.4, -0.2) is 18.1 Å². The Kier molecular flexibility index (Phi) is 8.37. The molecule has 4 heteroatoms. The number of hydrogen-bond donors (Lipinski definition) is 1. The lowest BCUT2D eigenvalue weighted by molar-refractivity contribution is -0.148. The summed E-state index contributed by atoms with van der Waals surface area (Å²) in [7, 11) is 0. The maximum absolute atomic E-state index is 11.1. The van der Waals surface area contributed by atoms with Crippen molar-refractivity contribution in [1.82, 2.24) is 0 Å². The molecule has 13 heavy (non-hydrogen) atoms. The Morgan fingerprint density at radius 1 is 1.31 bits per heavy atom. The summed E-state index contributed by atoms with van der Waals surface area (Å²) in [4.78, 5) is 11.1. The van der Waals surface area contributed by atoms with Gasteiger partial charge in [0.1, 0.15) is 0 Å². The first kappa shape index (κ1) is 15.2. The molecule has 0 bridgehead atoms. The van der Waals surface area contributed by atoms with Crippen LogP contribution in [0.4, 0.5) is 0 Å². The molecule has 0 aromatic carbocycles. The molecular weight excluding hydrogens is 190 g/mol. The fourth-order valence-electron chi connectivity index (χ4n) is 0.739. The minimum atomic E-state index is -0.203. The first-order valence-corrected chi connectivity index (χ1v) is 4.38. The maximum Gasteiger partial charge on any atom is 0.307 e. The van der Waals surface area contributed by atoms with Crippen LogP contribution in [0.15, 0.2) is 0 Å². The number of carbonyl (C=O) groups excluding carboxylic acids is 1. The van der Waals surface area contributed by atoms with Gasteiger partial charge in [-0.05, 0) is 19.8 Å². The highest BCUT2D eigenvalue weighted by Crippen LogP contribution is 2.04. The van der Waals surface area contributed by atoms with Gasteiger partial charge in [0.15, 0.2) is 0 Å². The Bertz CT molecular complexity index is 149. The minimum absolute atomic E-state index is 0. The summed E-state index contributed by atoms with van der Waals surface area (Å²) in [6.45, 7) is 7.65. The van der Waals surface area contributed by atoms with Gasteiger partial charge in [0.25, 0.3) is 0 Å². The normalized spacial score (nSPS) is 12.5. The van der Waals surface area contributed by atoms with Gasteiger partial charge in [0, 0.05) is 6.04 Å². The molecule has 0 radical (unpaired) electrons. The second-order valence-electron chi connectivity index (χ2n) is 3.65. The van der Waals surface area contributed by atoms with E-state index in [1.807, 2.05) is 27.7 Å². The van der Waals surface area contributed by atoms with Gasteiger partial charge in [-0.1, -0.05) is 13.8 Å². The van der Waals surface area contributed by atoms with Crippen LogP contribution in [0.2, 0.25) is 0 Å². The van der Waals surface area contributed by atoms with E-state index in [1.54, 1.807) is 0 Å². The summed E-state index contributed by atoms with van der Waals surface area (Å²) in [5, 5.41) is 0. The summed E-state index contributed by atoms with van der Waals surface area (Å²) in [5.74, 6) is 0.121. The van der Waals surface area contributed by atoms with E-state index in [4.69, 9.17) is 10.5 Å². The van der Waals surface area contributed by atoms with E-state index in [0.717, 1.165) is 0 Å². The van der Waals surface area contributed by atoms with Crippen LogP contribution in [0.25, 0.3) is 0 Å². The van der Waals surface area contributed by atoms with Gasteiger partial charge in [-0.25, -0.2) is 0 Å². The maximum atomic E-state index is 11.1. The summed E-state index contributed by atoms with van der Waals surface area (Å²) in [5.41, 5.74) is 5.69. The molecule has 0 aliphatic rings. The molecule has 0 aliphatic heterocycles. The van der Waals surface area contributed by atoms with Crippen molar-refractivity contribution in [2.45, 2.75) is 46.3 Å². The van der Waals surface area contributed by atoms with Crippen LogP contribution < -0.4 is 5.73 Å². The third-order valence-corrected chi connectivity index (χ3v) is 1.63. The molecule has 1 unspecified atom stereocenters. The zero-order valence-electron chi connectivity index (χ0n) is 8.74. The van der Waals surface area contributed by atoms with Gasteiger partial charge >= 0.3 is 5.97 Å². The first-order valence-electron chi connectivity index (χ1n) is 4.38. The monoisotopic (exact) mass is 209 g/mol. The summed E-state index contributed by atoms with van der Waals surface area (Å²) < 4.78 is 4.95. The lowest BCUT2D eigenvalue weighted by atomic mass is 10.0. The summed E-state index contributed by atoms with van der Waals surface area (Å²) in [6.07, 6.45) is 0.271. The van der Waals surface area contributed by atoms with E-state index in [1.165, 1.54) is 0 Å². The molecule has 0 spiro atoms. The Hall–Kier alpha value is -0.280. The predicted molar refractivity (Wildman–Crippen MR) is 55.9 cm³/mol. The fraction of sp³-hybridized carbons (Fsp3) is 0.889. The average molecular weight is 210 g/mol. The zero-order valence-corrected chi connectivity index (χ0v) is 9.56. The van der Waals surface area contributed by atoms with Gasteiger partial charge in [-0.3, -0.25) is 4.79 Å². The molecule has 0 fully saturated rings. The standard InChI is InChI=1S/C9H19NO2.ClH/c1-6(2)8(10)5-9(11)12-7(3)4;/h6-8H,5,10H2,1-4H3;1H. The number of nitrogens with two attached hydrogens (primary N) is 1. The molecule has 0 amide bonds. The van der Waals surface area contributed by atoms with E-state index >= 15 is 0 Å². The number of carbonyl (C=O) groups is 1. The van der Waals surface area contributed by atoms with Crippen molar-refractivity contribution in [2.75, 3.05) is 0 Å². The van der Waals surface area contributed by atoms with Gasteiger partial charge in [0.2, 0.25) is 0 Å². The van der Waals surface area contributed by atoms with Crippen molar-refractivity contribution in [2.24, 2.45) is 11.7 Å². The lowest BCUT2D eigenvalue weighted by Crippen LogP contribution is -2.30. The van der Waals surface area contributed by atoms with E-state index in [-0.39, 0.29) is 30.5 Å². The third kappa shape index (κ3) is 8.06. The molecular formula is C9H20ClNO2. The lowest BCUT2D eigenvalue weighted by Gasteiger charge is -2.15. The number of rotatable bonds is 4. The smallest absolute Gasteiger partial charge is 0.307 e. The summed E-state index contributed by atoms with van der Waals surface area (Å²) in [6, 6.07) is -0.0868. The molecule has 0 saturated carbocycles.